The van der Waals surface area contributed by atoms with E-state index in [1.54, 1.807) is 95.3 Å². The number of benzene rings is 5. The molecule has 0 N–H and O–H groups in total. The van der Waals surface area contributed by atoms with Gasteiger partial charge in [0.15, 0.2) is 0 Å². The molecule has 6 rings (SSSR count). The van der Waals surface area contributed by atoms with Crippen LogP contribution in [0.4, 0.5) is 0 Å². The zero-order valence-corrected chi connectivity index (χ0v) is 41.9. The smallest absolute Gasteiger partial charge is 0.207 e. The van der Waals surface area contributed by atoms with Gasteiger partial charge in [-0.3, -0.25) is 0 Å². The first-order chi connectivity index (χ1) is 30.9. The summed E-state index contributed by atoms with van der Waals surface area (Å²) in [6, 6.07) is 29.0. The summed E-state index contributed by atoms with van der Waals surface area (Å²) in [6.45, 7) is 6.23. The molecule has 0 bridgehead atoms. The molecule has 1 fully saturated rings. The van der Waals surface area contributed by atoms with Crippen LogP contribution in [0.15, 0.2) is 146 Å². The molecule has 20 heteroatoms. The standard InChI is InChI=1S/C46H57N5O10S5/c1-36-7-17-42(18-8-36)62(52,53)47-27-28-48(63(54,55)43-19-9-37(2)10-20-43)31-32-50(65(58,59)45-23-13-39(4)14-24-45)35-41(6)51(66(60,61)46-25-15-40(5)16-26-46)34-33-49(30-29-47)64(56,57)44-21-11-38(3)12-22-44/h7-26,41H,27-35H2,1-6H3/t41-/m1/s1. The fourth-order valence-corrected chi connectivity index (χ4v) is 14.9. The molecule has 0 amide bonds. The molecular formula is C46H57N5O10S5. The third-order valence-corrected chi connectivity index (χ3v) is 21.2. The fourth-order valence-electron chi connectivity index (χ4n) is 7.49. The van der Waals surface area contributed by atoms with Gasteiger partial charge in [0.05, 0.1) is 24.5 Å². The van der Waals surface area contributed by atoms with Crippen LogP contribution in [0.3, 0.4) is 0 Å². The second kappa shape index (κ2) is 20.5. The van der Waals surface area contributed by atoms with Crippen LogP contribution >= 0.6 is 0 Å². The summed E-state index contributed by atoms with van der Waals surface area (Å²) in [5, 5.41) is 0. The maximum atomic E-state index is 14.8. The Labute approximate surface area is 391 Å². The van der Waals surface area contributed by atoms with E-state index in [9.17, 15) is 42.1 Å². The van der Waals surface area contributed by atoms with Crippen molar-refractivity contribution in [2.24, 2.45) is 0 Å². The van der Waals surface area contributed by atoms with Gasteiger partial charge in [-0.2, -0.15) is 21.5 Å². The molecule has 5 aromatic carbocycles. The first-order valence-electron chi connectivity index (χ1n) is 21.3. The fraction of sp³-hybridized carbons (Fsp3) is 0.348. The second-order valence-electron chi connectivity index (χ2n) is 16.6. The van der Waals surface area contributed by atoms with Crippen molar-refractivity contribution >= 4 is 50.1 Å². The van der Waals surface area contributed by atoms with Gasteiger partial charge >= 0.3 is 0 Å². The summed E-state index contributed by atoms with van der Waals surface area (Å²) in [5.41, 5.74) is 3.89. The lowest BCUT2D eigenvalue weighted by molar-refractivity contribution is 0.255. The Balaban J connectivity index is 1.55. The van der Waals surface area contributed by atoms with Crippen molar-refractivity contribution in [1.29, 1.82) is 0 Å². The lowest BCUT2D eigenvalue weighted by Crippen LogP contribution is -2.51. The molecular weight excluding hydrogens is 943 g/mol. The van der Waals surface area contributed by atoms with E-state index in [0.29, 0.717) is 0 Å². The van der Waals surface area contributed by atoms with Crippen LogP contribution < -0.4 is 0 Å². The summed E-state index contributed by atoms with van der Waals surface area (Å²) < 4.78 is 152. The summed E-state index contributed by atoms with van der Waals surface area (Å²) in [7, 11) is -22.3. The van der Waals surface area contributed by atoms with Crippen molar-refractivity contribution in [1.82, 2.24) is 21.5 Å². The number of hydrogen-bond acceptors (Lipinski definition) is 10. The second-order valence-corrected chi connectivity index (χ2v) is 26.2. The van der Waals surface area contributed by atoms with Gasteiger partial charge in [0.25, 0.3) is 0 Å². The molecule has 66 heavy (non-hydrogen) atoms. The average molecular weight is 1000 g/mol. The molecule has 0 aliphatic carbocycles. The quantitative estimate of drug-likeness (QED) is 0.176. The summed E-state index contributed by atoms with van der Waals surface area (Å²) >= 11 is 0. The summed E-state index contributed by atoms with van der Waals surface area (Å²) in [6.07, 6.45) is 0. The van der Waals surface area contributed by atoms with Gasteiger partial charge in [0, 0.05) is 64.9 Å². The normalized spacial score (nSPS) is 18.4. The van der Waals surface area contributed by atoms with Crippen LogP contribution in [-0.4, -0.2) is 129 Å². The Hall–Kier alpha value is -4.35. The largest absolute Gasteiger partial charge is 0.243 e. The third-order valence-electron chi connectivity index (χ3n) is 11.6. The zero-order valence-electron chi connectivity index (χ0n) is 37.8. The van der Waals surface area contributed by atoms with Gasteiger partial charge in [-0.1, -0.05) is 88.5 Å². The predicted molar refractivity (Wildman–Crippen MR) is 254 cm³/mol. The number of nitrogens with zero attached hydrogens (tertiary/aromatic N) is 5. The molecule has 1 saturated heterocycles. The van der Waals surface area contributed by atoms with Crippen LogP contribution in [0.2, 0.25) is 0 Å². The highest BCUT2D eigenvalue weighted by atomic mass is 32.2. The maximum Gasteiger partial charge on any atom is 0.243 e. The molecule has 0 spiro atoms. The van der Waals surface area contributed by atoms with E-state index in [1.165, 1.54) is 67.6 Å². The Morgan fingerprint density at radius 2 is 0.500 bits per heavy atom. The van der Waals surface area contributed by atoms with Gasteiger partial charge in [-0.25, -0.2) is 42.1 Å². The van der Waals surface area contributed by atoms with E-state index in [1.807, 2.05) is 0 Å². The molecule has 5 aromatic rings. The van der Waals surface area contributed by atoms with E-state index in [2.05, 4.69) is 0 Å². The molecule has 1 aliphatic heterocycles. The van der Waals surface area contributed by atoms with Gasteiger partial charge in [-0.15, -0.1) is 0 Å². The van der Waals surface area contributed by atoms with Crippen LogP contribution in [0.1, 0.15) is 34.7 Å². The molecule has 0 aromatic heterocycles. The van der Waals surface area contributed by atoms with Crippen molar-refractivity contribution in [2.75, 3.05) is 58.9 Å². The van der Waals surface area contributed by atoms with Crippen molar-refractivity contribution in [2.45, 2.75) is 72.1 Å². The van der Waals surface area contributed by atoms with Gasteiger partial charge in [0.2, 0.25) is 50.1 Å². The minimum Gasteiger partial charge on any atom is -0.207 e. The Morgan fingerprint density at radius 3 is 0.758 bits per heavy atom. The number of sulfonamides is 5. The van der Waals surface area contributed by atoms with E-state index in [4.69, 9.17) is 0 Å². The minimum atomic E-state index is -4.49. The Bertz CT molecular complexity index is 3050. The summed E-state index contributed by atoms with van der Waals surface area (Å²) in [4.78, 5) is -0.600. The van der Waals surface area contributed by atoms with Crippen molar-refractivity contribution in [3.8, 4) is 0 Å². The highest BCUT2D eigenvalue weighted by Crippen LogP contribution is 2.26. The summed E-state index contributed by atoms with van der Waals surface area (Å²) in [5.74, 6) is 0. The highest BCUT2D eigenvalue weighted by molar-refractivity contribution is 7.90. The van der Waals surface area contributed by atoms with Crippen LogP contribution in [-0.2, 0) is 50.1 Å². The lowest BCUT2D eigenvalue weighted by Gasteiger charge is -2.34. The molecule has 0 radical (unpaired) electrons. The van der Waals surface area contributed by atoms with Crippen LogP contribution in [0.25, 0.3) is 0 Å². The van der Waals surface area contributed by atoms with E-state index in [-0.39, 0.29) is 24.5 Å². The number of rotatable bonds is 10. The molecule has 1 heterocycles. The van der Waals surface area contributed by atoms with Crippen molar-refractivity contribution < 1.29 is 42.1 Å². The van der Waals surface area contributed by atoms with Crippen LogP contribution in [0.5, 0.6) is 0 Å². The van der Waals surface area contributed by atoms with Gasteiger partial charge < -0.3 is 0 Å². The first kappa shape index (κ1) is 51.0. The van der Waals surface area contributed by atoms with E-state index in [0.717, 1.165) is 49.3 Å². The SMILES string of the molecule is Cc1ccc(S(=O)(=O)N2CCN(S(=O)(=O)c3ccc(C)cc3)CCN(S(=O)(=O)c3ccc(C)cc3)C[C@@H](C)N(S(=O)(=O)c3ccc(C)cc3)CCN(S(=O)(=O)c3ccc(C)cc3)CC2)cc1. The van der Waals surface area contributed by atoms with Crippen LogP contribution in [0, 0.1) is 34.6 Å². The average Bonchev–Trinajstić information content (AvgIpc) is 3.26. The third kappa shape index (κ3) is 11.5. The topological polar surface area (TPSA) is 187 Å². The molecule has 0 saturated carbocycles. The Kier molecular flexibility index (Phi) is 15.8. The van der Waals surface area contributed by atoms with Gasteiger partial charge in [0.1, 0.15) is 0 Å². The maximum absolute atomic E-state index is 14.8. The zero-order chi connectivity index (χ0) is 48.2. The monoisotopic (exact) mass is 999 g/mol. The molecule has 356 valence electrons. The van der Waals surface area contributed by atoms with Crippen molar-refractivity contribution in [3.05, 3.63) is 149 Å². The van der Waals surface area contributed by atoms with Gasteiger partial charge in [-0.05, 0) is 102 Å². The number of aryl methyl sites for hydroxylation is 5. The first-order valence-corrected chi connectivity index (χ1v) is 28.5. The van der Waals surface area contributed by atoms with E-state index >= 15 is 0 Å². The molecule has 1 aliphatic rings. The van der Waals surface area contributed by atoms with Crippen molar-refractivity contribution in [3.63, 3.8) is 0 Å². The van der Waals surface area contributed by atoms with E-state index < -0.39 is 115 Å². The minimum absolute atomic E-state index is 0.119. The number of hydrogen-bond donors (Lipinski definition) is 0. The lowest BCUT2D eigenvalue weighted by atomic mass is 10.2. The Morgan fingerprint density at radius 1 is 0.303 bits per heavy atom. The predicted octanol–water partition coefficient (Wildman–Crippen LogP) is 5.39. The molecule has 15 nitrogen and oxygen atoms in total. The molecule has 0 unspecified atom stereocenters. The molecule has 1 atom stereocenters. The highest BCUT2D eigenvalue weighted by Gasteiger charge is 2.38.